The van der Waals surface area contributed by atoms with Crippen LogP contribution in [0, 0.1) is 12.8 Å². The molecule has 1 aliphatic heterocycles. The summed E-state index contributed by atoms with van der Waals surface area (Å²) in [7, 11) is 0. The summed E-state index contributed by atoms with van der Waals surface area (Å²) in [5.74, 6) is 1.40. The molecule has 3 atom stereocenters. The van der Waals surface area contributed by atoms with Gasteiger partial charge in [-0.3, -0.25) is 9.69 Å². The van der Waals surface area contributed by atoms with Gasteiger partial charge < -0.3 is 14.7 Å². The second-order valence-corrected chi connectivity index (χ2v) is 10.5. The van der Waals surface area contributed by atoms with E-state index in [1.807, 2.05) is 29.2 Å². The van der Waals surface area contributed by atoms with Crippen molar-refractivity contribution in [2.75, 3.05) is 32.8 Å². The van der Waals surface area contributed by atoms with E-state index in [1.54, 1.807) is 11.3 Å². The van der Waals surface area contributed by atoms with E-state index in [0.717, 1.165) is 37.1 Å². The Kier molecular flexibility index (Phi) is 10.2. The van der Waals surface area contributed by atoms with E-state index >= 15 is 0 Å². The fourth-order valence-corrected chi connectivity index (χ4v) is 5.44. The number of hydrogen-bond acceptors (Lipinski definition) is 5. The van der Waals surface area contributed by atoms with E-state index in [4.69, 9.17) is 4.74 Å². The van der Waals surface area contributed by atoms with Crippen LogP contribution in [0.2, 0.25) is 0 Å². The van der Waals surface area contributed by atoms with Crippen LogP contribution in [0.4, 0.5) is 0 Å². The Morgan fingerprint density at radius 3 is 2.94 bits per heavy atom. The SMILES string of the molecule is C=CCC[C@H](O)CN(CC(=O)N1CCc2sccc2[C@H]1COc1cccc(C)c1)C[C@H](C)CC. The molecule has 0 aliphatic carbocycles. The minimum atomic E-state index is -0.458. The van der Waals surface area contributed by atoms with Crippen molar-refractivity contribution in [1.82, 2.24) is 9.80 Å². The number of aliphatic hydroxyl groups excluding tert-OH is 1. The summed E-state index contributed by atoms with van der Waals surface area (Å²) in [4.78, 5) is 19.1. The number of carbonyl (C=O) groups excluding carboxylic acids is 1. The Morgan fingerprint density at radius 1 is 1.38 bits per heavy atom. The molecule has 1 aromatic heterocycles. The highest BCUT2D eigenvalue weighted by Gasteiger charge is 2.33. The molecule has 0 saturated heterocycles. The van der Waals surface area contributed by atoms with Crippen molar-refractivity contribution in [2.24, 2.45) is 5.92 Å². The summed E-state index contributed by atoms with van der Waals surface area (Å²) in [5.41, 5.74) is 2.36. The molecule has 0 fully saturated rings. The van der Waals surface area contributed by atoms with E-state index in [1.165, 1.54) is 10.4 Å². The molecule has 0 unspecified atom stereocenters. The zero-order chi connectivity index (χ0) is 24.5. The summed E-state index contributed by atoms with van der Waals surface area (Å²) >= 11 is 1.76. The number of thiophene rings is 1. The van der Waals surface area contributed by atoms with Crippen LogP contribution in [0.15, 0.2) is 48.4 Å². The lowest BCUT2D eigenvalue weighted by Crippen LogP contribution is -2.48. The molecule has 0 radical (unpaired) electrons. The first-order valence-electron chi connectivity index (χ1n) is 12.5. The monoisotopic (exact) mass is 484 g/mol. The van der Waals surface area contributed by atoms with Gasteiger partial charge in [0, 0.05) is 24.5 Å². The Hall–Kier alpha value is -2.15. The van der Waals surface area contributed by atoms with E-state index < -0.39 is 6.10 Å². The van der Waals surface area contributed by atoms with Crippen LogP contribution in [-0.2, 0) is 11.2 Å². The van der Waals surface area contributed by atoms with Gasteiger partial charge in [-0.05, 0) is 66.8 Å². The van der Waals surface area contributed by atoms with Crippen molar-refractivity contribution in [3.63, 3.8) is 0 Å². The van der Waals surface area contributed by atoms with E-state index in [2.05, 4.69) is 49.8 Å². The van der Waals surface area contributed by atoms with Crippen molar-refractivity contribution < 1.29 is 14.6 Å². The van der Waals surface area contributed by atoms with Crippen LogP contribution in [0.1, 0.15) is 55.2 Å². The number of ether oxygens (including phenoxy) is 1. The normalized spacial score (nSPS) is 17.3. The van der Waals surface area contributed by atoms with Gasteiger partial charge in [0.25, 0.3) is 0 Å². The van der Waals surface area contributed by atoms with Gasteiger partial charge in [-0.15, -0.1) is 17.9 Å². The third-order valence-corrected chi connectivity index (χ3v) is 7.61. The van der Waals surface area contributed by atoms with Crippen molar-refractivity contribution in [3.05, 3.63) is 64.4 Å². The first kappa shape index (κ1) is 26.5. The lowest BCUT2D eigenvalue weighted by Gasteiger charge is -2.37. The standard InChI is InChI=1S/C28H40N2O3S/c1-5-7-10-23(31)18-29(17-21(3)6-2)19-28(32)30-14-12-27-25(13-15-34-27)26(30)20-33-24-11-8-9-22(4)16-24/h5,8-9,11,13,15-16,21,23,26,31H,1,6-7,10,12,14,17-20H2,2-4H3/t21-,23+,26-/m1/s1. The molecule has 0 bridgehead atoms. The molecule has 1 N–H and O–H groups in total. The molecular weight excluding hydrogens is 444 g/mol. The van der Waals surface area contributed by atoms with Crippen LogP contribution in [0.3, 0.4) is 0 Å². The lowest BCUT2D eigenvalue weighted by molar-refractivity contribution is -0.136. The van der Waals surface area contributed by atoms with Crippen LogP contribution >= 0.6 is 11.3 Å². The van der Waals surface area contributed by atoms with Gasteiger partial charge in [0.15, 0.2) is 0 Å². The van der Waals surface area contributed by atoms with Crippen molar-refractivity contribution in [2.45, 2.75) is 58.6 Å². The molecule has 1 aromatic carbocycles. The van der Waals surface area contributed by atoms with Crippen LogP contribution < -0.4 is 4.74 Å². The Labute approximate surface area is 209 Å². The molecule has 0 saturated carbocycles. The number of rotatable bonds is 13. The fourth-order valence-electron chi connectivity index (χ4n) is 4.51. The lowest BCUT2D eigenvalue weighted by atomic mass is 10.00. The predicted molar refractivity (Wildman–Crippen MR) is 140 cm³/mol. The molecule has 0 spiro atoms. The summed E-state index contributed by atoms with van der Waals surface area (Å²) in [6.07, 6.45) is 4.75. The van der Waals surface area contributed by atoms with Crippen molar-refractivity contribution in [1.29, 1.82) is 0 Å². The number of benzene rings is 1. The molecule has 1 amide bonds. The summed E-state index contributed by atoms with van der Waals surface area (Å²) in [5, 5.41) is 12.6. The van der Waals surface area contributed by atoms with Crippen molar-refractivity contribution >= 4 is 17.2 Å². The second-order valence-electron chi connectivity index (χ2n) is 9.51. The Bertz CT molecular complexity index is 928. The number of nitrogens with zero attached hydrogens (tertiary/aromatic N) is 2. The third-order valence-electron chi connectivity index (χ3n) is 6.61. The highest BCUT2D eigenvalue weighted by atomic mass is 32.1. The van der Waals surface area contributed by atoms with Crippen LogP contribution in [-0.4, -0.2) is 59.7 Å². The molecule has 5 nitrogen and oxygen atoms in total. The number of hydrogen-bond donors (Lipinski definition) is 1. The third kappa shape index (κ3) is 7.42. The Morgan fingerprint density at radius 2 is 2.21 bits per heavy atom. The maximum Gasteiger partial charge on any atom is 0.237 e. The topological polar surface area (TPSA) is 53.0 Å². The first-order valence-corrected chi connectivity index (χ1v) is 13.4. The highest BCUT2D eigenvalue weighted by molar-refractivity contribution is 7.10. The van der Waals surface area contributed by atoms with Gasteiger partial charge in [0.05, 0.1) is 18.7 Å². The van der Waals surface area contributed by atoms with Crippen LogP contribution in [0.5, 0.6) is 5.75 Å². The smallest absolute Gasteiger partial charge is 0.237 e. The second kappa shape index (κ2) is 13.1. The minimum Gasteiger partial charge on any atom is -0.491 e. The zero-order valence-electron chi connectivity index (χ0n) is 20.9. The average Bonchev–Trinajstić information content (AvgIpc) is 3.30. The molecule has 34 heavy (non-hydrogen) atoms. The van der Waals surface area contributed by atoms with E-state index in [9.17, 15) is 9.90 Å². The van der Waals surface area contributed by atoms with Crippen LogP contribution in [0.25, 0.3) is 0 Å². The number of amides is 1. The van der Waals surface area contributed by atoms with Gasteiger partial charge in [0.2, 0.25) is 5.91 Å². The van der Waals surface area contributed by atoms with E-state index in [-0.39, 0.29) is 11.9 Å². The van der Waals surface area contributed by atoms with Gasteiger partial charge in [0.1, 0.15) is 12.4 Å². The van der Waals surface area contributed by atoms with E-state index in [0.29, 0.717) is 38.6 Å². The largest absolute Gasteiger partial charge is 0.491 e. The molecule has 1 aliphatic rings. The Balaban J connectivity index is 1.72. The van der Waals surface area contributed by atoms with Gasteiger partial charge >= 0.3 is 0 Å². The fraction of sp³-hybridized carbons (Fsp3) is 0.536. The number of fused-ring (bicyclic) bond motifs is 1. The average molecular weight is 485 g/mol. The maximum atomic E-state index is 13.6. The molecule has 2 aromatic rings. The minimum absolute atomic E-state index is 0.0980. The van der Waals surface area contributed by atoms with Gasteiger partial charge in [-0.1, -0.05) is 38.5 Å². The number of aryl methyl sites for hydroxylation is 1. The molecule has 6 heteroatoms. The summed E-state index contributed by atoms with van der Waals surface area (Å²) < 4.78 is 6.18. The predicted octanol–water partition coefficient (Wildman–Crippen LogP) is 5.24. The molecular formula is C28H40N2O3S. The highest BCUT2D eigenvalue weighted by Crippen LogP contribution is 2.34. The number of aliphatic hydroxyl groups is 1. The molecule has 3 rings (SSSR count). The van der Waals surface area contributed by atoms with Gasteiger partial charge in [-0.25, -0.2) is 0 Å². The summed E-state index contributed by atoms with van der Waals surface area (Å²) in [6.45, 7) is 12.9. The number of allylic oxidation sites excluding steroid dienone is 1. The molecule has 186 valence electrons. The number of carbonyl (C=O) groups is 1. The first-order chi connectivity index (χ1) is 16.4. The van der Waals surface area contributed by atoms with Gasteiger partial charge in [-0.2, -0.15) is 0 Å². The maximum absolute atomic E-state index is 13.6. The summed E-state index contributed by atoms with van der Waals surface area (Å²) in [6, 6.07) is 10.1. The quantitative estimate of drug-likeness (QED) is 0.395. The zero-order valence-corrected chi connectivity index (χ0v) is 21.7. The molecule has 2 heterocycles. The van der Waals surface area contributed by atoms with Crippen molar-refractivity contribution in [3.8, 4) is 5.75 Å².